The maximum Gasteiger partial charge on any atom is 0.251 e. The number of likely N-dealkylation sites (tertiary alicyclic amines) is 1. The van der Waals surface area contributed by atoms with Crippen LogP contribution in [-0.4, -0.2) is 45.5 Å². The van der Waals surface area contributed by atoms with Crippen molar-refractivity contribution in [3.8, 4) is 0 Å². The quantitative estimate of drug-likeness (QED) is 0.825. The van der Waals surface area contributed by atoms with E-state index in [9.17, 15) is 13.2 Å². The highest BCUT2D eigenvalue weighted by Crippen LogP contribution is 2.42. The van der Waals surface area contributed by atoms with Crippen molar-refractivity contribution in [3.05, 3.63) is 30.2 Å². The lowest BCUT2D eigenvalue weighted by Gasteiger charge is -2.38. The minimum absolute atomic E-state index is 0.0216. The van der Waals surface area contributed by atoms with Gasteiger partial charge in [0, 0.05) is 49.4 Å². The van der Waals surface area contributed by atoms with Gasteiger partial charge < -0.3 is 4.90 Å². The Bertz CT molecular complexity index is 883. The fraction of sp³-hybridized carbons (Fsp3) is 0.562. The molecule has 0 bridgehead atoms. The van der Waals surface area contributed by atoms with E-state index in [0.29, 0.717) is 6.42 Å². The van der Waals surface area contributed by atoms with Crippen molar-refractivity contribution < 1.29 is 13.2 Å². The highest BCUT2D eigenvalue weighted by molar-refractivity contribution is 7.91. The summed E-state index contributed by atoms with van der Waals surface area (Å²) in [6.07, 6.45) is 5.37. The molecule has 8 nitrogen and oxygen atoms in total. The molecule has 1 fully saturated rings. The minimum atomic E-state index is -3.62. The average molecular weight is 398 g/mol. The summed E-state index contributed by atoms with van der Waals surface area (Å²) >= 11 is 0.927. The summed E-state index contributed by atoms with van der Waals surface area (Å²) in [5.41, 5.74) is 0.540. The zero-order valence-electron chi connectivity index (χ0n) is 15.2. The number of nitrogens with one attached hydrogen (secondary N) is 1. The Morgan fingerprint density at radius 2 is 2.12 bits per heavy atom. The normalized spacial score (nSPS) is 21.5. The Balaban J connectivity index is 1.86. The molecule has 0 aromatic carbocycles. The molecule has 26 heavy (non-hydrogen) atoms. The van der Waals surface area contributed by atoms with Gasteiger partial charge in [0.05, 0.1) is 12.2 Å². The highest BCUT2D eigenvalue weighted by atomic mass is 32.2. The molecule has 1 saturated heterocycles. The summed E-state index contributed by atoms with van der Waals surface area (Å²) in [6, 6.07) is 1.24. The predicted molar refractivity (Wildman–Crippen MR) is 98.0 cm³/mol. The second-order valence-corrected chi connectivity index (χ2v) is 10.3. The van der Waals surface area contributed by atoms with Crippen molar-refractivity contribution in [1.82, 2.24) is 23.8 Å². The van der Waals surface area contributed by atoms with Gasteiger partial charge in [-0.1, -0.05) is 0 Å². The van der Waals surface area contributed by atoms with Crippen LogP contribution >= 0.6 is 11.5 Å². The fourth-order valence-electron chi connectivity index (χ4n) is 3.42. The van der Waals surface area contributed by atoms with E-state index >= 15 is 0 Å². The molecule has 2 atom stereocenters. The Morgan fingerprint density at radius 3 is 2.65 bits per heavy atom. The number of carbonyl (C=O) groups excluding carboxylic acids is 1. The van der Waals surface area contributed by atoms with E-state index in [1.807, 2.05) is 38.9 Å². The summed E-state index contributed by atoms with van der Waals surface area (Å²) in [5.74, 6) is -0.151. The number of aryl methyl sites for hydroxylation is 1. The molecule has 142 valence electrons. The number of rotatable bonds is 5. The SMILES string of the molecule is Cn1cc([C@@H]2[C@@H](CNS(=O)(=O)c3ccns3)CC(=O)N2C(C)(C)C)cn1. The van der Waals surface area contributed by atoms with Crippen molar-refractivity contribution in [1.29, 1.82) is 0 Å². The predicted octanol–water partition coefficient (Wildman–Crippen LogP) is 1.54. The first-order valence-corrected chi connectivity index (χ1v) is 10.6. The topological polar surface area (TPSA) is 97.2 Å². The number of nitrogens with zero attached hydrogens (tertiary/aromatic N) is 4. The first-order valence-electron chi connectivity index (χ1n) is 8.30. The van der Waals surface area contributed by atoms with Crippen LogP contribution in [0.15, 0.2) is 28.9 Å². The maximum absolute atomic E-state index is 12.7. The molecule has 1 amide bonds. The summed E-state index contributed by atoms with van der Waals surface area (Å²) in [7, 11) is -1.80. The van der Waals surface area contributed by atoms with Crippen LogP contribution in [0.5, 0.6) is 0 Å². The van der Waals surface area contributed by atoms with Gasteiger partial charge in [-0.05, 0) is 38.4 Å². The standard InChI is InChI=1S/C16H23N5O3S2/c1-16(2,3)21-13(22)7-11(15(21)12-8-17-20(4)10-12)9-19-26(23,24)14-5-6-18-25-14/h5-6,8,10-11,15,19H,7,9H2,1-4H3/t11-,15+/m1/s1. The first-order chi connectivity index (χ1) is 12.1. The molecule has 3 rings (SSSR count). The van der Waals surface area contributed by atoms with Gasteiger partial charge in [0.2, 0.25) is 5.91 Å². The molecule has 3 heterocycles. The lowest BCUT2D eigenvalue weighted by molar-refractivity contribution is -0.133. The molecule has 0 aliphatic carbocycles. The number of hydrogen-bond donors (Lipinski definition) is 1. The van der Waals surface area contributed by atoms with Crippen LogP contribution in [0.2, 0.25) is 0 Å². The van der Waals surface area contributed by atoms with Crippen LogP contribution < -0.4 is 4.72 Å². The van der Waals surface area contributed by atoms with E-state index in [1.165, 1.54) is 12.3 Å². The molecule has 0 unspecified atom stereocenters. The third-order valence-corrected chi connectivity index (χ3v) is 7.07. The largest absolute Gasteiger partial charge is 0.330 e. The van der Waals surface area contributed by atoms with Gasteiger partial charge in [-0.15, -0.1) is 0 Å². The van der Waals surface area contributed by atoms with Gasteiger partial charge in [0.15, 0.2) is 4.21 Å². The van der Waals surface area contributed by atoms with Crippen LogP contribution in [0.4, 0.5) is 0 Å². The van der Waals surface area contributed by atoms with Crippen molar-refractivity contribution >= 4 is 27.5 Å². The molecule has 0 saturated carbocycles. The van der Waals surface area contributed by atoms with Crippen LogP contribution in [0, 0.1) is 5.92 Å². The molecule has 0 spiro atoms. The molecule has 0 radical (unpaired) electrons. The summed E-state index contributed by atoms with van der Waals surface area (Å²) in [6.45, 7) is 6.13. The van der Waals surface area contributed by atoms with E-state index < -0.39 is 10.0 Å². The Kier molecular flexibility index (Phi) is 4.93. The summed E-state index contributed by atoms with van der Waals surface area (Å²) in [4.78, 5) is 14.5. The van der Waals surface area contributed by atoms with Crippen molar-refractivity contribution in [2.75, 3.05) is 6.54 Å². The molecule has 1 N–H and O–H groups in total. The number of amides is 1. The number of sulfonamides is 1. The van der Waals surface area contributed by atoms with Gasteiger partial charge in [-0.3, -0.25) is 9.48 Å². The number of aromatic nitrogens is 3. The second-order valence-electron chi connectivity index (χ2n) is 7.47. The smallest absolute Gasteiger partial charge is 0.251 e. The van der Waals surface area contributed by atoms with Crippen molar-refractivity contribution in [3.63, 3.8) is 0 Å². The van der Waals surface area contributed by atoms with Gasteiger partial charge in [0.25, 0.3) is 10.0 Å². The maximum atomic E-state index is 12.7. The van der Waals surface area contributed by atoms with E-state index in [0.717, 1.165) is 17.1 Å². The molecule has 10 heteroatoms. The molecule has 2 aromatic rings. The average Bonchev–Trinajstić information content (AvgIpc) is 3.23. The van der Waals surface area contributed by atoms with Gasteiger partial charge in [-0.25, -0.2) is 13.1 Å². The van der Waals surface area contributed by atoms with Gasteiger partial charge in [0.1, 0.15) is 0 Å². The third kappa shape index (κ3) is 3.67. The first kappa shape index (κ1) is 19.0. The zero-order valence-corrected chi connectivity index (χ0v) is 16.8. The lowest BCUT2D eigenvalue weighted by Crippen LogP contribution is -2.44. The highest BCUT2D eigenvalue weighted by Gasteiger charge is 2.46. The van der Waals surface area contributed by atoms with E-state index in [2.05, 4.69) is 14.2 Å². The van der Waals surface area contributed by atoms with Gasteiger partial charge >= 0.3 is 0 Å². The summed E-state index contributed by atoms with van der Waals surface area (Å²) in [5, 5.41) is 4.22. The summed E-state index contributed by atoms with van der Waals surface area (Å²) < 4.78 is 33.1. The Hall–Kier alpha value is -1.78. The number of carbonyl (C=O) groups is 1. The fourth-order valence-corrected chi connectivity index (χ4v) is 5.28. The minimum Gasteiger partial charge on any atom is -0.330 e. The van der Waals surface area contributed by atoms with Crippen LogP contribution in [0.3, 0.4) is 0 Å². The molecular weight excluding hydrogens is 374 g/mol. The van der Waals surface area contributed by atoms with Crippen LogP contribution in [-0.2, 0) is 21.9 Å². The Labute approximate surface area is 157 Å². The van der Waals surface area contributed by atoms with Crippen molar-refractivity contribution in [2.24, 2.45) is 13.0 Å². The van der Waals surface area contributed by atoms with E-state index in [4.69, 9.17) is 0 Å². The molecule has 1 aliphatic rings. The molecule has 2 aromatic heterocycles. The monoisotopic (exact) mass is 397 g/mol. The number of hydrogen-bond acceptors (Lipinski definition) is 6. The van der Waals surface area contributed by atoms with Crippen LogP contribution in [0.1, 0.15) is 38.8 Å². The zero-order chi connectivity index (χ0) is 19.1. The van der Waals surface area contributed by atoms with Crippen LogP contribution in [0.25, 0.3) is 0 Å². The molecule has 1 aliphatic heterocycles. The second kappa shape index (κ2) is 6.75. The van der Waals surface area contributed by atoms with E-state index in [-0.39, 0.29) is 34.2 Å². The van der Waals surface area contributed by atoms with Gasteiger partial charge in [-0.2, -0.15) is 9.47 Å². The molecular formula is C16H23N5O3S2. The van der Waals surface area contributed by atoms with Crippen molar-refractivity contribution in [2.45, 2.75) is 43.0 Å². The Morgan fingerprint density at radius 1 is 1.38 bits per heavy atom. The van der Waals surface area contributed by atoms with E-state index in [1.54, 1.807) is 10.9 Å². The third-order valence-electron chi connectivity index (χ3n) is 4.43. The lowest BCUT2D eigenvalue weighted by atomic mass is 9.93.